The summed E-state index contributed by atoms with van der Waals surface area (Å²) in [6.45, 7) is 1.92. The van der Waals surface area contributed by atoms with Crippen LogP contribution >= 0.6 is 0 Å². The van der Waals surface area contributed by atoms with E-state index in [1.165, 1.54) is 11.8 Å². The fraction of sp³-hybridized carbons (Fsp3) is 0.304. The molecule has 0 radical (unpaired) electrons. The first-order valence-corrected chi connectivity index (χ1v) is 9.79. The molecule has 0 spiro atoms. The van der Waals surface area contributed by atoms with Gasteiger partial charge in [0, 0.05) is 19.9 Å². The number of hydrogen-bond acceptors (Lipinski definition) is 4. The van der Waals surface area contributed by atoms with Gasteiger partial charge in [0.15, 0.2) is 0 Å². The number of likely N-dealkylation sites (tertiary alicyclic amines) is 1. The third kappa shape index (κ3) is 4.66. The van der Waals surface area contributed by atoms with Gasteiger partial charge in [0.05, 0.1) is 11.6 Å². The molecule has 1 heterocycles. The topological polar surface area (TPSA) is 111 Å². The molecule has 0 unspecified atom stereocenters. The van der Waals surface area contributed by atoms with E-state index in [0.29, 0.717) is 18.5 Å². The maximum absolute atomic E-state index is 12.6. The number of benzene rings is 2. The number of carboxylic acid groups (broad SMARTS) is 1. The molecule has 3 rings (SSSR count). The Morgan fingerprint density at radius 1 is 1.20 bits per heavy atom. The lowest BCUT2D eigenvalue weighted by molar-refractivity contribution is -0.143. The lowest BCUT2D eigenvalue weighted by Gasteiger charge is -2.24. The van der Waals surface area contributed by atoms with Crippen molar-refractivity contribution in [1.29, 1.82) is 5.26 Å². The minimum absolute atomic E-state index is 0.119. The quantitative estimate of drug-likeness (QED) is 0.766. The van der Waals surface area contributed by atoms with Crippen LogP contribution in [0.3, 0.4) is 0 Å². The van der Waals surface area contributed by atoms with Crippen LogP contribution in [0.15, 0.2) is 48.5 Å². The summed E-state index contributed by atoms with van der Waals surface area (Å²) in [5, 5.41) is 21.4. The Hall–Kier alpha value is -3.66. The highest BCUT2D eigenvalue weighted by atomic mass is 16.4. The second kappa shape index (κ2) is 9.23. The minimum atomic E-state index is -1.13. The number of nitrogens with one attached hydrogen (secondary N) is 1. The number of carbonyl (C=O) groups is 3. The monoisotopic (exact) mass is 405 g/mol. The first kappa shape index (κ1) is 21.1. The first-order chi connectivity index (χ1) is 14.4. The molecule has 1 aliphatic heterocycles. The van der Waals surface area contributed by atoms with Gasteiger partial charge in [0.1, 0.15) is 12.1 Å². The number of rotatable bonds is 6. The van der Waals surface area contributed by atoms with Crippen LogP contribution in [0, 0.1) is 11.3 Å². The average Bonchev–Trinajstić information content (AvgIpc) is 3.24. The average molecular weight is 405 g/mol. The number of nitrogens with zero attached hydrogens (tertiary/aromatic N) is 2. The van der Waals surface area contributed by atoms with E-state index in [0.717, 1.165) is 23.1 Å². The summed E-state index contributed by atoms with van der Waals surface area (Å²) < 4.78 is 0. The highest BCUT2D eigenvalue weighted by Gasteiger charge is 2.34. The summed E-state index contributed by atoms with van der Waals surface area (Å²) in [4.78, 5) is 37.4. The Morgan fingerprint density at radius 2 is 1.90 bits per heavy atom. The van der Waals surface area contributed by atoms with Crippen LogP contribution in [0.1, 0.15) is 30.9 Å². The Bertz CT molecular complexity index is 994. The number of hydrogen-bond donors (Lipinski definition) is 2. The van der Waals surface area contributed by atoms with E-state index >= 15 is 0 Å². The van der Waals surface area contributed by atoms with Crippen molar-refractivity contribution >= 4 is 17.8 Å². The van der Waals surface area contributed by atoms with Crippen molar-refractivity contribution in [2.24, 2.45) is 0 Å². The SMILES string of the molecule is CC(=O)N1CCC[C@H]1C(=O)N[C@@H](Cc1ccc(-c2ccccc2C#N)cc1)C(=O)O. The Morgan fingerprint density at radius 3 is 2.53 bits per heavy atom. The van der Waals surface area contributed by atoms with Gasteiger partial charge in [0.25, 0.3) is 0 Å². The van der Waals surface area contributed by atoms with Crippen molar-refractivity contribution in [3.63, 3.8) is 0 Å². The number of aliphatic carboxylic acids is 1. The molecule has 2 aromatic rings. The number of carbonyl (C=O) groups excluding carboxylic acids is 2. The van der Waals surface area contributed by atoms with Gasteiger partial charge in [-0.3, -0.25) is 9.59 Å². The molecule has 0 bridgehead atoms. The Balaban J connectivity index is 1.71. The molecular weight excluding hydrogens is 382 g/mol. The Labute approximate surface area is 174 Å². The van der Waals surface area contributed by atoms with Gasteiger partial charge in [-0.15, -0.1) is 0 Å². The van der Waals surface area contributed by atoms with Gasteiger partial charge in [-0.05, 0) is 35.6 Å². The molecule has 2 amide bonds. The van der Waals surface area contributed by atoms with Gasteiger partial charge < -0.3 is 15.3 Å². The molecule has 30 heavy (non-hydrogen) atoms. The van der Waals surface area contributed by atoms with Crippen LogP contribution in [0.5, 0.6) is 0 Å². The Kier molecular flexibility index (Phi) is 6.48. The summed E-state index contributed by atoms with van der Waals surface area (Å²) in [5.41, 5.74) is 2.97. The van der Waals surface area contributed by atoms with Crippen molar-refractivity contribution in [3.8, 4) is 17.2 Å². The zero-order valence-electron chi connectivity index (χ0n) is 16.7. The summed E-state index contributed by atoms with van der Waals surface area (Å²) in [6, 6.07) is 15.0. The predicted molar refractivity (Wildman–Crippen MR) is 110 cm³/mol. The van der Waals surface area contributed by atoms with Crippen LogP contribution in [0.2, 0.25) is 0 Å². The van der Waals surface area contributed by atoms with Crippen LogP contribution in [-0.2, 0) is 20.8 Å². The lowest BCUT2D eigenvalue weighted by atomic mass is 9.97. The smallest absolute Gasteiger partial charge is 0.326 e. The van der Waals surface area contributed by atoms with Gasteiger partial charge in [0.2, 0.25) is 11.8 Å². The molecule has 2 aromatic carbocycles. The number of nitriles is 1. The maximum Gasteiger partial charge on any atom is 0.326 e. The van der Waals surface area contributed by atoms with Crippen LogP contribution in [0.4, 0.5) is 0 Å². The fourth-order valence-electron chi connectivity index (χ4n) is 3.77. The minimum Gasteiger partial charge on any atom is -0.480 e. The van der Waals surface area contributed by atoms with Gasteiger partial charge in [-0.25, -0.2) is 4.79 Å². The molecule has 2 N–H and O–H groups in total. The summed E-state index contributed by atoms with van der Waals surface area (Å²) >= 11 is 0. The second-order valence-electron chi connectivity index (χ2n) is 7.33. The first-order valence-electron chi connectivity index (χ1n) is 9.79. The van der Waals surface area contributed by atoms with Crippen LogP contribution in [0.25, 0.3) is 11.1 Å². The summed E-state index contributed by atoms with van der Waals surface area (Å²) in [5.74, 6) is -1.75. The third-order valence-corrected chi connectivity index (χ3v) is 5.33. The van der Waals surface area contributed by atoms with Crippen LogP contribution in [-0.4, -0.2) is 46.4 Å². The molecule has 7 nitrogen and oxygen atoms in total. The van der Waals surface area contributed by atoms with E-state index in [2.05, 4.69) is 11.4 Å². The third-order valence-electron chi connectivity index (χ3n) is 5.33. The van der Waals surface area contributed by atoms with Crippen molar-refractivity contribution < 1.29 is 19.5 Å². The molecule has 1 fully saturated rings. The second-order valence-corrected chi connectivity index (χ2v) is 7.33. The molecule has 1 aliphatic rings. The molecular formula is C23H23N3O4. The molecule has 0 saturated carbocycles. The number of carboxylic acids is 1. The fourth-order valence-corrected chi connectivity index (χ4v) is 3.77. The van der Waals surface area contributed by atoms with Gasteiger partial charge in [-0.2, -0.15) is 5.26 Å². The molecule has 2 atom stereocenters. The molecule has 0 aliphatic carbocycles. The zero-order valence-corrected chi connectivity index (χ0v) is 16.7. The summed E-state index contributed by atoms with van der Waals surface area (Å²) in [7, 11) is 0. The van der Waals surface area contributed by atoms with Crippen molar-refractivity contribution in [2.75, 3.05) is 6.54 Å². The number of amides is 2. The highest BCUT2D eigenvalue weighted by Crippen LogP contribution is 2.24. The molecule has 154 valence electrons. The summed E-state index contributed by atoms with van der Waals surface area (Å²) in [6.07, 6.45) is 1.37. The van der Waals surface area contributed by atoms with Crippen molar-refractivity contribution in [1.82, 2.24) is 10.2 Å². The van der Waals surface area contributed by atoms with E-state index in [1.807, 2.05) is 24.3 Å². The van der Waals surface area contributed by atoms with Crippen molar-refractivity contribution in [2.45, 2.75) is 38.3 Å². The van der Waals surface area contributed by atoms with Crippen molar-refractivity contribution in [3.05, 3.63) is 59.7 Å². The van der Waals surface area contributed by atoms with Gasteiger partial charge in [-0.1, -0.05) is 42.5 Å². The molecule has 7 heteroatoms. The van der Waals surface area contributed by atoms with E-state index < -0.39 is 24.0 Å². The zero-order chi connectivity index (χ0) is 21.7. The predicted octanol–water partition coefficient (Wildman–Crippen LogP) is 2.35. The van der Waals surface area contributed by atoms with E-state index in [-0.39, 0.29) is 12.3 Å². The van der Waals surface area contributed by atoms with E-state index in [1.54, 1.807) is 24.3 Å². The largest absolute Gasteiger partial charge is 0.480 e. The van der Waals surface area contributed by atoms with E-state index in [4.69, 9.17) is 0 Å². The van der Waals surface area contributed by atoms with Crippen LogP contribution < -0.4 is 5.32 Å². The van der Waals surface area contributed by atoms with Gasteiger partial charge >= 0.3 is 5.97 Å². The van der Waals surface area contributed by atoms with E-state index in [9.17, 15) is 24.8 Å². The normalized spacial score (nSPS) is 16.5. The lowest BCUT2D eigenvalue weighted by Crippen LogP contribution is -2.51. The standard InChI is InChI=1S/C23H23N3O4/c1-15(27)26-12-4-7-21(26)22(28)25-20(23(29)30)13-16-8-10-17(11-9-16)19-6-3-2-5-18(19)14-24/h2-3,5-6,8-11,20-21H,4,7,12-13H2,1H3,(H,25,28)(H,29,30)/t20-,21-/m0/s1. The molecule has 1 saturated heterocycles. The highest BCUT2D eigenvalue weighted by molar-refractivity contribution is 5.90. The molecule has 0 aromatic heterocycles. The maximum atomic E-state index is 12.6.